The van der Waals surface area contributed by atoms with E-state index in [-0.39, 0.29) is 60.6 Å². The van der Waals surface area contributed by atoms with Gasteiger partial charge in [-0.15, -0.1) is 30.3 Å². The minimum Gasteiger partial charge on any atom is -0.508 e. The molecule has 5 aliphatic rings. The standard InChI is InChI=1S/C20H12O5.C13H19N3O2S.C13H16N2O5.C6H8O/c21-11-5-7-15-17(9-11)24-18-10-12(22)6-8-16(18)20(15)14-4-2-1-3-13(14)19(23)25-20;1-2-7-14-11(17)6-4-3-5-10-12-9(8-19-10)15-13(18)16-12;1-2-10(16)14-9-5-3-4-6-13(19)20-15-11(17)7-8-12(15)18;1-3-4-5-6(2)7/h1-10,21-22H;1,9-10,12H,3-8H2,(H,14,17)(H2,15,16,18);1H,3-9H2,(H,14,16);1H,4-5H2,2H3. The van der Waals surface area contributed by atoms with E-state index in [9.17, 15) is 48.6 Å². The normalized spacial score (nSPS) is 17.8. The number of rotatable bonds is 15. The molecule has 8 rings (SSSR count). The number of Topliss-reactive ketones (excluding diaryl/α,β-unsaturated/α-hetero) is 1. The highest BCUT2D eigenvalue weighted by Gasteiger charge is 2.53. The third kappa shape index (κ3) is 14.5. The number of benzene rings is 3. The average molecular weight is 990 g/mol. The zero-order valence-electron chi connectivity index (χ0n) is 39.1. The van der Waals surface area contributed by atoms with Gasteiger partial charge in [0.15, 0.2) is 5.60 Å². The highest BCUT2D eigenvalue weighted by molar-refractivity contribution is 8.00. The molecule has 0 aromatic heterocycles. The van der Waals surface area contributed by atoms with Crippen molar-refractivity contribution >= 4 is 59.1 Å². The van der Waals surface area contributed by atoms with E-state index in [2.05, 4.69) is 33.1 Å². The van der Waals surface area contributed by atoms with Crippen LogP contribution in [0.1, 0.15) is 111 Å². The number of terminal acetylenes is 3. The van der Waals surface area contributed by atoms with Crippen molar-refractivity contribution in [3.8, 4) is 60.0 Å². The monoisotopic (exact) mass is 989 g/mol. The molecule has 3 atom stereocenters. The highest BCUT2D eigenvalue weighted by Crippen LogP contribution is 2.56. The maximum absolute atomic E-state index is 12.5. The summed E-state index contributed by atoms with van der Waals surface area (Å²) in [5.74, 6) is 6.22. The van der Waals surface area contributed by atoms with Crippen molar-refractivity contribution < 1.29 is 62.9 Å². The number of unbranched alkanes of at least 4 members (excludes halogenated alkanes) is 3. The van der Waals surface area contributed by atoms with Gasteiger partial charge in [0.25, 0.3) is 17.7 Å². The molecule has 71 heavy (non-hydrogen) atoms. The van der Waals surface area contributed by atoms with Gasteiger partial charge in [0.05, 0.1) is 24.2 Å². The number of hydroxylamine groups is 2. The Hall–Kier alpha value is -7.95. The van der Waals surface area contributed by atoms with Crippen molar-refractivity contribution in [1.82, 2.24) is 26.3 Å². The van der Waals surface area contributed by atoms with E-state index in [1.165, 1.54) is 31.2 Å². The number of ether oxygens (including phenoxy) is 2. The molecule has 6 amide bonds. The number of fused-ring (bicyclic) bond motifs is 7. The number of hydrogen-bond donors (Lipinski definition) is 6. The van der Waals surface area contributed by atoms with Gasteiger partial charge in [-0.05, 0) is 68.9 Å². The summed E-state index contributed by atoms with van der Waals surface area (Å²) in [6.45, 7) is 2.29. The van der Waals surface area contributed by atoms with Gasteiger partial charge >= 0.3 is 18.0 Å². The minimum atomic E-state index is -1.17. The van der Waals surface area contributed by atoms with Gasteiger partial charge in [0, 0.05) is 84.9 Å². The predicted molar refractivity (Wildman–Crippen MR) is 260 cm³/mol. The molecule has 3 fully saturated rings. The molecule has 0 saturated carbocycles. The van der Waals surface area contributed by atoms with Crippen LogP contribution in [0.3, 0.4) is 0 Å². The second-order valence-electron chi connectivity index (χ2n) is 16.6. The number of ketones is 1. The minimum absolute atomic E-state index is 0.0192. The van der Waals surface area contributed by atoms with Crippen LogP contribution in [0, 0.1) is 37.0 Å². The Balaban J connectivity index is 0.000000188. The molecule has 3 aromatic rings. The fourth-order valence-electron chi connectivity index (χ4n) is 8.04. The van der Waals surface area contributed by atoms with E-state index in [1.54, 1.807) is 24.3 Å². The number of nitrogens with one attached hydrogen (secondary N) is 4. The number of nitrogens with zero attached hydrogens (tertiary/aromatic N) is 1. The Morgan fingerprint density at radius 1 is 0.817 bits per heavy atom. The number of amides is 6. The average Bonchev–Trinajstić information content (AvgIpc) is 4.09. The van der Waals surface area contributed by atoms with E-state index in [1.807, 2.05) is 29.8 Å². The Bertz CT molecular complexity index is 2560. The van der Waals surface area contributed by atoms with Crippen molar-refractivity contribution in [2.24, 2.45) is 0 Å². The lowest BCUT2D eigenvalue weighted by Gasteiger charge is -2.36. The number of hydrogen-bond acceptors (Lipinski definition) is 14. The van der Waals surface area contributed by atoms with Crippen LogP contribution in [0.4, 0.5) is 4.79 Å². The second kappa shape index (κ2) is 26.1. The first-order valence-corrected chi connectivity index (χ1v) is 24.0. The topological polar surface area (TPSA) is 256 Å². The number of urea groups is 1. The number of thioether (sulfide) groups is 1. The maximum Gasteiger partial charge on any atom is 0.340 e. The molecular weight excluding hydrogens is 935 g/mol. The molecule has 1 spiro atoms. The van der Waals surface area contributed by atoms with Crippen LogP contribution < -0.4 is 26.0 Å². The van der Waals surface area contributed by atoms with Crippen LogP contribution in [0.2, 0.25) is 0 Å². The highest BCUT2D eigenvalue weighted by atomic mass is 32.2. The molecule has 6 N–H and O–H groups in total. The molecule has 372 valence electrons. The first-order chi connectivity index (χ1) is 34.1. The second-order valence-corrected chi connectivity index (χ2v) is 17.9. The van der Waals surface area contributed by atoms with Crippen molar-refractivity contribution in [3.63, 3.8) is 0 Å². The molecule has 3 aromatic carbocycles. The van der Waals surface area contributed by atoms with Crippen molar-refractivity contribution in [2.45, 2.75) is 107 Å². The van der Waals surface area contributed by atoms with Gasteiger partial charge in [0.2, 0.25) is 5.91 Å². The van der Waals surface area contributed by atoms with Gasteiger partial charge in [0.1, 0.15) is 28.8 Å². The first-order valence-electron chi connectivity index (χ1n) is 22.9. The van der Waals surface area contributed by atoms with Gasteiger partial charge in [-0.3, -0.25) is 24.0 Å². The summed E-state index contributed by atoms with van der Waals surface area (Å²) in [5.41, 5.74) is 1.28. The third-order valence-corrected chi connectivity index (χ3v) is 13.0. The molecule has 3 unspecified atom stereocenters. The van der Waals surface area contributed by atoms with Gasteiger partial charge < -0.3 is 45.8 Å². The van der Waals surface area contributed by atoms with Crippen LogP contribution >= 0.6 is 11.8 Å². The molecular formula is C52H55N5O13S. The number of phenolic OH excluding ortho intramolecular Hbond substituents is 2. The van der Waals surface area contributed by atoms with Crippen molar-refractivity contribution in [1.29, 1.82) is 0 Å². The van der Waals surface area contributed by atoms with Crippen LogP contribution in [0.5, 0.6) is 23.0 Å². The quantitative estimate of drug-likeness (QED) is 0.0385. The molecule has 5 heterocycles. The molecule has 0 bridgehead atoms. The summed E-state index contributed by atoms with van der Waals surface area (Å²) in [7, 11) is 0. The zero-order valence-corrected chi connectivity index (χ0v) is 39.9. The third-order valence-electron chi connectivity index (χ3n) is 11.4. The number of carbonyl (C=O) groups excluding carboxylic acids is 8. The molecule has 3 saturated heterocycles. The van der Waals surface area contributed by atoms with E-state index < -0.39 is 35.3 Å². The summed E-state index contributed by atoms with van der Waals surface area (Å²) >= 11 is 1.90. The largest absolute Gasteiger partial charge is 0.508 e. The number of carbonyl (C=O) groups is 8. The van der Waals surface area contributed by atoms with Crippen molar-refractivity contribution in [3.05, 3.63) is 82.9 Å². The maximum atomic E-state index is 12.5. The number of aromatic hydroxyl groups is 2. The van der Waals surface area contributed by atoms with Gasteiger partial charge in [-0.25, -0.2) is 14.4 Å². The predicted octanol–water partition coefficient (Wildman–Crippen LogP) is 5.02. The molecule has 18 nitrogen and oxygen atoms in total. The lowest BCUT2D eigenvalue weighted by atomic mass is 9.77. The summed E-state index contributed by atoms with van der Waals surface area (Å²) in [4.78, 5) is 94.4. The van der Waals surface area contributed by atoms with E-state index >= 15 is 0 Å². The number of imide groups is 1. The van der Waals surface area contributed by atoms with E-state index in [4.69, 9.17) is 33.6 Å². The summed E-state index contributed by atoms with van der Waals surface area (Å²) in [6.07, 6.45) is 21.5. The molecule has 0 aliphatic carbocycles. The SMILES string of the molecule is C#CC(=O)NCCCCCC(=O)ON1C(=O)CCC1=O.C#CCCC(C)=O.C#CCNC(=O)CCCCC1SCC2NC(=O)NC21.O=C1OC2(c3ccc(O)cc3Oc3cc(O)ccc32)c2ccccc21. The molecule has 0 radical (unpaired) electrons. The smallest absolute Gasteiger partial charge is 0.340 e. The van der Waals surface area contributed by atoms with Crippen LogP contribution in [0.25, 0.3) is 0 Å². The zero-order chi connectivity index (χ0) is 51.5. The number of esters is 1. The van der Waals surface area contributed by atoms with Crippen LogP contribution in [0.15, 0.2) is 60.7 Å². The Labute approximate surface area is 415 Å². The molecule has 5 aliphatic heterocycles. The Kier molecular flexibility index (Phi) is 19.9. The fraction of sp³-hybridized carbons (Fsp3) is 0.385. The lowest BCUT2D eigenvalue weighted by Crippen LogP contribution is -2.36. The van der Waals surface area contributed by atoms with Crippen LogP contribution in [-0.2, 0) is 43.9 Å². The van der Waals surface area contributed by atoms with E-state index in [0.717, 1.165) is 25.0 Å². The van der Waals surface area contributed by atoms with E-state index in [0.29, 0.717) is 95.7 Å². The number of phenols is 2. The Morgan fingerprint density at radius 3 is 2.10 bits per heavy atom. The Morgan fingerprint density at radius 2 is 1.48 bits per heavy atom. The fourth-order valence-corrected chi connectivity index (χ4v) is 9.59. The van der Waals surface area contributed by atoms with Crippen LogP contribution in [-0.4, -0.2) is 98.8 Å². The molecule has 19 heteroatoms. The van der Waals surface area contributed by atoms with Gasteiger partial charge in [-0.2, -0.15) is 11.8 Å². The van der Waals surface area contributed by atoms with Gasteiger partial charge in [-0.1, -0.05) is 37.0 Å². The first kappa shape index (κ1) is 54.0. The summed E-state index contributed by atoms with van der Waals surface area (Å²) < 4.78 is 11.8. The van der Waals surface area contributed by atoms with Crippen molar-refractivity contribution in [2.75, 3.05) is 18.8 Å². The summed E-state index contributed by atoms with van der Waals surface area (Å²) in [6, 6.07) is 17.1. The summed E-state index contributed by atoms with van der Waals surface area (Å²) in [5, 5.41) is 31.7. The lowest BCUT2D eigenvalue weighted by molar-refractivity contribution is -0.197.